The fourth-order valence-electron chi connectivity index (χ4n) is 5.50. The van der Waals surface area contributed by atoms with Gasteiger partial charge < -0.3 is 9.47 Å². The van der Waals surface area contributed by atoms with E-state index in [1.54, 1.807) is 0 Å². The zero-order valence-electron chi connectivity index (χ0n) is 18.1. The molecule has 0 aliphatic carbocycles. The summed E-state index contributed by atoms with van der Waals surface area (Å²) in [5.41, 5.74) is 0. The van der Waals surface area contributed by atoms with Crippen LogP contribution in [0.2, 0.25) is 12.1 Å². The van der Waals surface area contributed by atoms with Gasteiger partial charge in [-0.3, -0.25) is 0 Å². The predicted molar refractivity (Wildman–Crippen MR) is 120 cm³/mol. The molecule has 2 nitrogen and oxygen atoms in total. The Morgan fingerprint density at radius 2 is 1.31 bits per heavy atom. The maximum atomic E-state index is 6.86. The van der Waals surface area contributed by atoms with Gasteiger partial charge in [-0.2, -0.15) is 0 Å². The van der Waals surface area contributed by atoms with Gasteiger partial charge in [-0.25, -0.2) is 0 Å². The Morgan fingerprint density at radius 3 is 1.77 bits per heavy atom. The number of rotatable bonds is 12. The number of unbranched alkanes of at least 4 members (excludes halogenated alkanes) is 6. The zero-order valence-corrected chi connectivity index (χ0v) is 21.3. The van der Waals surface area contributed by atoms with Crippen molar-refractivity contribution in [2.45, 2.75) is 126 Å². The van der Waals surface area contributed by atoms with E-state index in [-0.39, 0.29) is 10.4 Å². The van der Waals surface area contributed by atoms with Crippen LogP contribution in [0.5, 0.6) is 0 Å². The van der Waals surface area contributed by atoms with E-state index < -0.39 is 8.80 Å². The minimum atomic E-state index is -0.989. The number of hydrogen-bond acceptors (Lipinski definition) is 2. The van der Waals surface area contributed by atoms with E-state index in [9.17, 15) is 0 Å². The second-order valence-electron chi connectivity index (χ2n) is 9.13. The van der Waals surface area contributed by atoms with Crippen LogP contribution in [0.1, 0.15) is 104 Å². The minimum Gasteiger partial charge on any atom is -0.377 e. The van der Waals surface area contributed by atoms with Gasteiger partial charge in [0.1, 0.15) is 0 Å². The first-order valence-electron chi connectivity index (χ1n) is 12.0. The first-order chi connectivity index (χ1) is 12.7. The minimum absolute atomic E-state index is 0.137. The molecule has 0 aromatic carbocycles. The average molecular weight is 399 g/mol. The van der Waals surface area contributed by atoms with Gasteiger partial charge in [-0.05, 0) is 38.5 Å². The van der Waals surface area contributed by atoms with E-state index in [1.807, 2.05) is 0 Å². The highest BCUT2D eigenvalue weighted by Crippen LogP contribution is 2.45. The largest absolute Gasteiger partial charge is 0.377 e. The first kappa shape index (κ1) is 22.6. The van der Waals surface area contributed by atoms with Crippen LogP contribution in [0, 0.1) is 0 Å². The summed E-state index contributed by atoms with van der Waals surface area (Å²) in [5.74, 6) is 0. The summed E-state index contributed by atoms with van der Waals surface area (Å²) in [4.78, 5) is 0. The van der Waals surface area contributed by atoms with Gasteiger partial charge in [0, 0.05) is 23.5 Å². The van der Waals surface area contributed by atoms with Gasteiger partial charge in [0.05, 0.1) is 19.2 Å². The van der Waals surface area contributed by atoms with Crippen molar-refractivity contribution >= 4 is 19.0 Å². The zero-order chi connectivity index (χ0) is 18.7. The molecule has 2 fully saturated rings. The molecule has 154 valence electrons. The molecule has 26 heavy (non-hydrogen) atoms. The summed E-state index contributed by atoms with van der Waals surface area (Å²) < 4.78 is 13.5. The lowest BCUT2D eigenvalue weighted by Gasteiger charge is -2.55. The summed E-state index contributed by atoms with van der Waals surface area (Å²) in [5, 5.41) is 0.314. The molecular weight excluding hydrogens is 352 g/mol. The first-order valence-corrected chi connectivity index (χ1v) is 15.2. The third-order valence-corrected chi connectivity index (χ3v) is 13.9. The molecule has 0 amide bonds. The van der Waals surface area contributed by atoms with Crippen molar-refractivity contribution in [2.24, 2.45) is 0 Å². The van der Waals surface area contributed by atoms with Crippen LogP contribution >= 0.6 is 0 Å². The summed E-state index contributed by atoms with van der Waals surface area (Å²) in [6.45, 7) is 6.64. The summed E-state index contributed by atoms with van der Waals surface area (Å²) in [6, 6.07) is 3.00. The fraction of sp³-hybridized carbons (Fsp3) is 1.00. The number of hydrogen-bond donors (Lipinski definition) is 0. The SMILES string of the molecule is CCCCCC[SiH](CCCCCC)C1(C2([SiH3])CCCCO2)CCCCO1. The Hall–Kier alpha value is 0.354. The molecule has 0 spiro atoms. The second kappa shape index (κ2) is 12.0. The van der Waals surface area contributed by atoms with Gasteiger partial charge in [-0.1, -0.05) is 77.3 Å². The van der Waals surface area contributed by atoms with Crippen LogP contribution in [0.3, 0.4) is 0 Å². The second-order valence-corrected chi connectivity index (χ2v) is 14.2. The van der Waals surface area contributed by atoms with Crippen molar-refractivity contribution in [3.05, 3.63) is 0 Å². The molecule has 2 saturated heterocycles. The summed E-state index contributed by atoms with van der Waals surface area (Å²) in [6.07, 6.45) is 19.1. The van der Waals surface area contributed by atoms with Crippen LogP contribution in [0.4, 0.5) is 0 Å². The lowest BCUT2D eigenvalue weighted by molar-refractivity contribution is -0.161. The van der Waals surface area contributed by atoms with Gasteiger partial charge in [0.2, 0.25) is 0 Å². The highest BCUT2D eigenvalue weighted by molar-refractivity contribution is 6.63. The van der Waals surface area contributed by atoms with Gasteiger partial charge in [0.15, 0.2) is 0 Å². The molecule has 0 radical (unpaired) electrons. The van der Waals surface area contributed by atoms with Crippen molar-refractivity contribution in [2.75, 3.05) is 13.2 Å². The van der Waals surface area contributed by atoms with Crippen molar-refractivity contribution in [1.82, 2.24) is 0 Å². The van der Waals surface area contributed by atoms with Crippen molar-refractivity contribution < 1.29 is 9.47 Å². The Labute approximate surface area is 168 Å². The third kappa shape index (κ3) is 5.92. The van der Waals surface area contributed by atoms with Gasteiger partial charge >= 0.3 is 0 Å². The lowest BCUT2D eigenvalue weighted by Crippen LogP contribution is -2.68. The highest BCUT2D eigenvalue weighted by atomic mass is 28.3. The van der Waals surface area contributed by atoms with E-state index in [0.717, 1.165) is 23.5 Å². The van der Waals surface area contributed by atoms with Crippen molar-refractivity contribution in [3.63, 3.8) is 0 Å². The molecular formula is C22H46O2Si2. The van der Waals surface area contributed by atoms with Crippen LogP contribution in [0.25, 0.3) is 0 Å². The Bertz CT molecular complexity index is 351. The maximum absolute atomic E-state index is 6.86. The maximum Gasteiger partial charge on any atom is 0.0796 e. The topological polar surface area (TPSA) is 18.5 Å². The van der Waals surface area contributed by atoms with Gasteiger partial charge in [-0.15, -0.1) is 0 Å². The van der Waals surface area contributed by atoms with Crippen LogP contribution in [-0.2, 0) is 9.47 Å². The fourth-order valence-corrected chi connectivity index (χ4v) is 12.5. The molecule has 2 aliphatic rings. The van der Waals surface area contributed by atoms with Crippen LogP contribution in [-0.4, -0.2) is 42.7 Å². The monoisotopic (exact) mass is 398 g/mol. The van der Waals surface area contributed by atoms with Crippen LogP contribution < -0.4 is 0 Å². The molecule has 4 heteroatoms. The lowest BCUT2D eigenvalue weighted by atomic mass is 9.96. The van der Waals surface area contributed by atoms with E-state index >= 15 is 0 Å². The Kier molecular flexibility index (Phi) is 10.5. The average Bonchev–Trinajstić information content (AvgIpc) is 2.68. The highest BCUT2D eigenvalue weighted by Gasteiger charge is 2.55. The molecule has 2 heterocycles. The molecule has 0 aromatic heterocycles. The molecule has 2 rings (SSSR count). The molecule has 2 atom stereocenters. The molecule has 2 unspecified atom stereocenters. The normalized spacial score (nSPS) is 30.1. The Balaban J connectivity index is 2.12. The van der Waals surface area contributed by atoms with Gasteiger partial charge in [0.25, 0.3) is 0 Å². The molecule has 0 aromatic rings. The summed E-state index contributed by atoms with van der Waals surface area (Å²) in [7, 11) is 0.162. The van der Waals surface area contributed by atoms with Crippen molar-refractivity contribution in [3.8, 4) is 0 Å². The molecule has 2 aliphatic heterocycles. The van der Waals surface area contributed by atoms with Crippen LogP contribution in [0.15, 0.2) is 0 Å². The molecule has 0 N–H and O–H groups in total. The molecule has 0 saturated carbocycles. The number of ether oxygens (including phenoxy) is 2. The summed E-state index contributed by atoms with van der Waals surface area (Å²) >= 11 is 0. The predicted octanol–water partition coefficient (Wildman–Crippen LogP) is 5.11. The molecule has 0 bridgehead atoms. The standard InChI is InChI=1S/C22H46O2Si2/c1-3-5-7-13-19-26(20-14-8-6-4-2)22(16-10-12-18-24-22)21(25)15-9-11-17-23-21/h26H,3-20H2,1-2,25H3. The van der Waals surface area contributed by atoms with E-state index in [2.05, 4.69) is 13.8 Å². The van der Waals surface area contributed by atoms with E-state index in [0.29, 0.717) is 0 Å². The smallest absolute Gasteiger partial charge is 0.0796 e. The third-order valence-electron chi connectivity index (χ3n) is 7.14. The quantitative estimate of drug-likeness (QED) is 0.336. The van der Waals surface area contributed by atoms with Crippen molar-refractivity contribution in [1.29, 1.82) is 0 Å². The Morgan fingerprint density at radius 1 is 0.731 bits per heavy atom. The van der Waals surface area contributed by atoms with E-state index in [4.69, 9.17) is 9.47 Å². The van der Waals surface area contributed by atoms with E-state index in [1.165, 1.54) is 102 Å².